The van der Waals surface area contributed by atoms with Crippen molar-refractivity contribution in [1.82, 2.24) is 20.1 Å². The van der Waals surface area contributed by atoms with Crippen molar-refractivity contribution in [2.24, 2.45) is 5.41 Å². The highest BCUT2D eigenvalue weighted by atomic mass is 16.5. The molecular weight excluding hydrogens is 398 g/mol. The zero-order chi connectivity index (χ0) is 22.1. The first-order valence-corrected chi connectivity index (χ1v) is 12.4. The van der Waals surface area contributed by atoms with Gasteiger partial charge in [0, 0.05) is 24.8 Å². The van der Waals surface area contributed by atoms with Crippen LogP contribution in [-0.2, 0) is 0 Å². The summed E-state index contributed by atoms with van der Waals surface area (Å²) in [6.07, 6.45) is 9.61. The number of likely N-dealkylation sites (tertiary alicyclic amines) is 1. The summed E-state index contributed by atoms with van der Waals surface area (Å²) >= 11 is 0. The Kier molecular flexibility index (Phi) is 6.06. The minimum absolute atomic E-state index is 0.360. The molecular formula is C26H37N5O. The highest BCUT2D eigenvalue weighted by Crippen LogP contribution is 2.43. The molecule has 0 bridgehead atoms. The second kappa shape index (κ2) is 8.97. The molecule has 4 heterocycles. The molecule has 0 N–H and O–H groups in total. The molecule has 2 aromatic heterocycles. The van der Waals surface area contributed by atoms with E-state index in [2.05, 4.69) is 57.0 Å². The molecule has 3 fully saturated rings. The van der Waals surface area contributed by atoms with Gasteiger partial charge >= 0.3 is 0 Å². The third kappa shape index (κ3) is 4.21. The summed E-state index contributed by atoms with van der Waals surface area (Å²) < 4.78 is 5.54. The molecule has 0 amide bonds. The van der Waals surface area contributed by atoms with Crippen LogP contribution in [-0.4, -0.2) is 59.4 Å². The van der Waals surface area contributed by atoms with Crippen LogP contribution in [0.3, 0.4) is 0 Å². The van der Waals surface area contributed by atoms with Gasteiger partial charge in [-0.05, 0) is 87.2 Å². The number of piperidine rings is 2. The van der Waals surface area contributed by atoms with Crippen molar-refractivity contribution in [3.63, 3.8) is 0 Å². The smallest absolute Gasteiger partial charge is 0.222 e. The molecule has 1 spiro atoms. The van der Waals surface area contributed by atoms with E-state index in [1.165, 1.54) is 58.0 Å². The average molecular weight is 436 g/mol. The molecule has 2 saturated heterocycles. The topological polar surface area (TPSA) is 54.4 Å². The van der Waals surface area contributed by atoms with E-state index >= 15 is 0 Å². The van der Waals surface area contributed by atoms with Crippen LogP contribution < -0.4 is 9.64 Å². The van der Waals surface area contributed by atoms with Gasteiger partial charge in [0.15, 0.2) is 5.82 Å². The average Bonchev–Trinajstić information content (AvgIpc) is 2.80. The molecule has 2 aromatic rings. The Labute approximate surface area is 192 Å². The normalized spacial score (nSPS) is 21.7. The molecule has 0 unspecified atom stereocenters. The van der Waals surface area contributed by atoms with Crippen LogP contribution in [0.15, 0.2) is 24.3 Å². The lowest BCUT2D eigenvalue weighted by Gasteiger charge is -2.50. The van der Waals surface area contributed by atoms with Gasteiger partial charge in [-0.15, -0.1) is 10.2 Å². The van der Waals surface area contributed by atoms with Crippen LogP contribution in [0.1, 0.15) is 70.4 Å². The summed E-state index contributed by atoms with van der Waals surface area (Å²) in [5.41, 5.74) is 3.29. The van der Waals surface area contributed by atoms with Gasteiger partial charge in [-0.2, -0.15) is 0 Å². The summed E-state index contributed by atoms with van der Waals surface area (Å²) in [4.78, 5) is 9.83. The summed E-state index contributed by atoms with van der Waals surface area (Å²) in [5.74, 6) is 1.96. The summed E-state index contributed by atoms with van der Waals surface area (Å²) in [6.45, 7) is 9.07. The van der Waals surface area contributed by atoms with Crippen LogP contribution in [0.5, 0.6) is 5.88 Å². The Morgan fingerprint density at radius 2 is 1.66 bits per heavy atom. The van der Waals surface area contributed by atoms with Gasteiger partial charge in [0.25, 0.3) is 0 Å². The van der Waals surface area contributed by atoms with Gasteiger partial charge in [-0.25, -0.2) is 4.98 Å². The Balaban J connectivity index is 1.21. The number of hydrogen-bond acceptors (Lipinski definition) is 6. The second-order valence-corrected chi connectivity index (χ2v) is 10.3. The lowest BCUT2D eigenvalue weighted by atomic mass is 9.70. The van der Waals surface area contributed by atoms with E-state index in [9.17, 15) is 0 Å². The molecule has 1 aliphatic carbocycles. The standard InChI is InChI=1S/C26H37N5O/c1-19(2)22-8-7-21(25(27-22)32-3)23-9-10-24(29-28-23)31-17-13-26(14-18-31)11-15-30(16-12-26)20-5-4-6-20/h7-10,19-20H,4-6,11-18H2,1-3H3. The van der Waals surface area contributed by atoms with E-state index < -0.39 is 0 Å². The molecule has 2 aliphatic heterocycles. The fourth-order valence-corrected chi connectivity index (χ4v) is 5.59. The fraction of sp³-hybridized carbons (Fsp3) is 0.654. The van der Waals surface area contributed by atoms with Gasteiger partial charge in [0.05, 0.1) is 18.4 Å². The lowest BCUT2D eigenvalue weighted by molar-refractivity contribution is 0.0305. The molecule has 0 atom stereocenters. The van der Waals surface area contributed by atoms with Crippen molar-refractivity contribution in [3.05, 3.63) is 30.0 Å². The van der Waals surface area contributed by atoms with E-state index in [1.54, 1.807) is 7.11 Å². The number of methoxy groups -OCH3 is 1. The van der Waals surface area contributed by atoms with Crippen molar-refractivity contribution >= 4 is 5.82 Å². The molecule has 3 aliphatic rings. The highest BCUT2D eigenvalue weighted by Gasteiger charge is 2.39. The van der Waals surface area contributed by atoms with E-state index in [0.29, 0.717) is 17.2 Å². The highest BCUT2D eigenvalue weighted by molar-refractivity contribution is 5.65. The van der Waals surface area contributed by atoms with Gasteiger partial charge < -0.3 is 14.5 Å². The van der Waals surface area contributed by atoms with E-state index in [4.69, 9.17) is 4.74 Å². The number of hydrogen-bond donors (Lipinski definition) is 0. The Hall–Kier alpha value is -2.21. The first-order chi connectivity index (χ1) is 15.6. The number of ether oxygens (including phenoxy) is 1. The minimum Gasteiger partial charge on any atom is -0.480 e. The predicted molar refractivity (Wildman–Crippen MR) is 128 cm³/mol. The molecule has 1 saturated carbocycles. The second-order valence-electron chi connectivity index (χ2n) is 10.3. The first kappa shape index (κ1) is 21.6. The molecule has 172 valence electrons. The van der Waals surface area contributed by atoms with Gasteiger partial charge in [0.1, 0.15) is 0 Å². The largest absolute Gasteiger partial charge is 0.480 e. The summed E-state index contributed by atoms with van der Waals surface area (Å²) in [5, 5.41) is 9.12. The number of anilines is 1. The monoisotopic (exact) mass is 435 g/mol. The van der Waals surface area contributed by atoms with Crippen molar-refractivity contribution in [1.29, 1.82) is 0 Å². The maximum absolute atomic E-state index is 5.54. The van der Waals surface area contributed by atoms with Crippen LogP contribution in [0.4, 0.5) is 5.82 Å². The third-order valence-corrected chi connectivity index (χ3v) is 8.19. The Morgan fingerprint density at radius 1 is 0.938 bits per heavy atom. The number of aromatic nitrogens is 3. The van der Waals surface area contributed by atoms with Gasteiger partial charge in [-0.3, -0.25) is 0 Å². The third-order valence-electron chi connectivity index (χ3n) is 8.19. The predicted octanol–water partition coefficient (Wildman–Crippen LogP) is 4.91. The number of rotatable bonds is 5. The minimum atomic E-state index is 0.360. The molecule has 6 nitrogen and oxygen atoms in total. The van der Waals surface area contributed by atoms with Gasteiger partial charge in [-0.1, -0.05) is 20.3 Å². The van der Waals surface area contributed by atoms with Crippen molar-refractivity contribution in [2.45, 2.75) is 70.8 Å². The van der Waals surface area contributed by atoms with Crippen LogP contribution in [0, 0.1) is 5.41 Å². The van der Waals surface area contributed by atoms with Crippen molar-refractivity contribution in [3.8, 4) is 17.1 Å². The van der Waals surface area contributed by atoms with E-state index in [-0.39, 0.29) is 0 Å². The van der Waals surface area contributed by atoms with Crippen LogP contribution in [0.25, 0.3) is 11.3 Å². The number of pyridine rings is 1. The van der Waals surface area contributed by atoms with Gasteiger partial charge in [0.2, 0.25) is 5.88 Å². The summed E-state index contributed by atoms with van der Waals surface area (Å²) in [6, 6.07) is 9.16. The van der Waals surface area contributed by atoms with Crippen LogP contribution in [0.2, 0.25) is 0 Å². The molecule has 32 heavy (non-hydrogen) atoms. The van der Waals surface area contributed by atoms with E-state index in [0.717, 1.165) is 41.9 Å². The Morgan fingerprint density at radius 3 is 2.22 bits per heavy atom. The lowest BCUT2D eigenvalue weighted by Crippen LogP contribution is -2.51. The van der Waals surface area contributed by atoms with Crippen LogP contribution >= 0.6 is 0 Å². The molecule has 0 radical (unpaired) electrons. The SMILES string of the molecule is COc1nc(C(C)C)ccc1-c1ccc(N2CCC3(CC2)CCN(C2CCC2)CC3)nn1. The Bertz CT molecular complexity index is 906. The fourth-order valence-electron chi connectivity index (χ4n) is 5.59. The maximum atomic E-state index is 5.54. The van der Waals surface area contributed by atoms with Crippen molar-refractivity contribution in [2.75, 3.05) is 38.2 Å². The van der Waals surface area contributed by atoms with E-state index in [1.807, 2.05) is 6.07 Å². The molecule has 0 aromatic carbocycles. The zero-order valence-corrected chi connectivity index (χ0v) is 19.9. The van der Waals surface area contributed by atoms with Crippen molar-refractivity contribution < 1.29 is 4.74 Å². The molecule has 5 rings (SSSR count). The number of nitrogens with zero attached hydrogens (tertiary/aromatic N) is 5. The molecule has 6 heteroatoms. The summed E-state index contributed by atoms with van der Waals surface area (Å²) in [7, 11) is 1.66. The first-order valence-electron chi connectivity index (χ1n) is 12.4. The zero-order valence-electron chi connectivity index (χ0n) is 19.9. The quantitative estimate of drug-likeness (QED) is 0.665. The maximum Gasteiger partial charge on any atom is 0.222 e.